The summed E-state index contributed by atoms with van der Waals surface area (Å²) in [5.74, 6) is 0. The topological polar surface area (TPSA) is 22.0 Å². The smallest absolute Gasteiger partial charge is 0.302 e. The Morgan fingerprint density at radius 2 is 2.15 bits per heavy atom. The lowest BCUT2D eigenvalue weighted by Crippen LogP contribution is -2.06. The fourth-order valence-corrected chi connectivity index (χ4v) is 2.55. The average molecular weight is 214 g/mol. The van der Waals surface area contributed by atoms with Crippen molar-refractivity contribution in [1.29, 1.82) is 0 Å². The van der Waals surface area contributed by atoms with Crippen LogP contribution >= 0.6 is 22.9 Å². The SMILES string of the molecule is Cc1cc(Cl)cc2c1sc(=O)n2C. The second-order valence-electron chi connectivity index (χ2n) is 3.00. The van der Waals surface area contributed by atoms with E-state index in [0.717, 1.165) is 15.8 Å². The molecule has 1 aromatic heterocycles. The zero-order valence-electron chi connectivity index (χ0n) is 7.30. The first-order valence-corrected chi connectivity index (χ1v) is 5.04. The van der Waals surface area contributed by atoms with Gasteiger partial charge in [0, 0.05) is 12.1 Å². The van der Waals surface area contributed by atoms with E-state index in [-0.39, 0.29) is 4.87 Å². The molecule has 0 N–H and O–H groups in total. The monoisotopic (exact) mass is 213 g/mol. The van der Waals surface area contributed by atoms with Crippen LogP contribution in [0.25, 0.3) is 10.2 Å². The number of fused-ring (bicyclic) bond motifs is 1. The summed E-state index contributed by atoms with van der Waals surface area (Å²) < 4.78 is 2.65. The first kappa shape index (κ1) is 8.78. The van der Waals surface area contributed by atoms with Gasteiger partial charge in [-0.05, 0) is 24.6 Å². The molecular weight excluding hydrogens is 206 g/mol. The number of aryl methyl sites for hydroxylation is 2. The van der Waals surface area contributed by atoms with Gasteiger partial charge in [-0.15, -0.1) is 0 Å². The third-order valence-corrected chi connectivity index (χ3v) is 3.45. The summed E-state index contributed by atoms with van der Waals surface area (Å²) in [7, 11) is 1.76. The second kappa shape index (κ2) is 2.86. The lowest BCUT2D eigenvalue weighted by atomic mass is 10.2. The number of benzene rings is 1. The fourth-order valence-electron chi connectivity index (χ4n) is 1.35. The molecule has 0 amide bonds. The number of hydrogen-bond donors (Lipinski definition) is 0. The molecule has 0 saturated carbocycles. The minimum Gasteiger partial charge on any atom is -0.302 e. The third-order valence-electron chi connectivity index (χ3n) is 2.04. The molecular formula is C9H8ClNOS. The first-order chi connectivity index (χ1) is 6.09. The Labute approximate surface area is 84.4 Å². The van der Waals surface area contributed by atoms with E-state index in [1.807, 2.05) is 19.1 Å². The first-order valence-electron chi connectivity index (χ1n) is 3.85. The molecule has 0 aliphatic rings. The molecule has 0 aliphatic heterocycles. The summed E-state index contributed by atoms with van der Waals surface area (Å²) in [4.78, 5) is 11.4. The summed E-state index contributed by atoms with van der Waals surface area (Å²) in [6, 6.07) is 3.70. The van der Waals surface area contributed by atoms with E-state index in [4.69, 9.17) is 11.6 Å². The highest BCUT2D eigenvalue weighted by Crippen LogP contribution is 2.24. The Kier molecular flexibility index (Phi) is 1.93. The van der Waals surface area contributed by atoms with Crippen molar-refractivity contribution < 1.29 is 0 Å². The molecule has 4 heteroatoms. The van der Waals surface area contributed by atoms with Gasteiger partial charge in [-0.2, -0.15) is 0 Å². The van der Waals surface area contributed by atoms with Crippen LogP contribution in [0.1, 0.15) is 5.56 Å². The minimum atomic E-state index is 0.0559. The minimum absolute atomic E-state index is 0.0559. The molecule has 2 rings (SSSR count). The Hall–Kier alpha value is -0.800. The van der Waals surface area contributed by atoms with E-state index in [9.17, 15) is 4.79 Å². The number of rotatable bonds is 0. The Morgan fingerprint density at radius 3 is 2.85 bits per heavy atom. The zero-order chi connectivity index (χ0) is 9.59. The molecule has 0 fully saturated rings. The van der Waals surface area contributed by atoms with E-state index >= 15 is 0 Å². The molecule has 0 atom stereocenters. The van der Waals surface area contributed by atoms with Crippen LogP contribution in [0.4, 0.5) is 0 Å². The maximum Gasteiger partial charge on any atom is 0.307 e. The molecule has 0 bridgehead atoms. The van der Waals surface area contributed by atoms with Gasteiger partial charge in [0.05, 0.1) is 10.2 Å². The molecule has 0 unspecified atom stereocenters. The summed E-state index contributed by atoms with van der Waals surface area (Å²) in [5, 5.41) is 0.679. The van der Waals surface area contributed by atoms with Crippen molar-refractivity contribution in [2.45, 2.75) is 6.92 Å². The van der Waals surface area contributed by atoms with Gasteiger partial charge in [-0.1, -0.05) is 22.9 Å². The third kappa shape index (κ3) is 1.28. The van der Waals surface area contributed by atoms with Gasteiger partial charge in [-0.25, -0.2) is 0 Å². The van der Waals surface area contributed by atoms with Gasteiger partial charge in [0.25, 0.3) is 0 Å². The summed E-state index contributed by atoms with van der Waals surface area (Å²) in [6.07, 6.45) is 0. The number of aromatic nitrogens is 1. The normalized spacial score (nSPS) is 11.0. The maximum atomic E-state index is 11.3. The Balaban J connectivity index is 3.03. The largest absolute Gasteiger partial charge is 0.307 e. The van der Waals surface area contributed by atoms with E-state index in [0.29, 0.717) is 5.02 Å². The van der Waals surface area contributed by atoms with Crippen molar-refractivity contribution in [3.63, 3.8) is 0 Å². The van der Waals surface area contributed by atoms with E-state index in [1.54, 1.807) is 11.6 Å². The molecule has 0 saturated heterocycles. The van der Waals surface area contributed by atoms with E-state index < -0.39 is 0 Å². The van der Waals surface area contributed by atoms with Gasteiger partial charge in [0.2, 0.25) is 0 Å². The molecule has 1 aromatic carbocycles. The van der Waals surface area contributed by atoms with Gasteiger partial charge in [-0.3, -0.25) is 4.79 Å². The van der Waals surface area contributed by atoms with Gasteiger partial charge in [0.15, 0.2) is 0 Å². The van der Waals surface area contributed by atoms with E-state index in [2.05, 4.69) is 0 Å². The second-order valence-corrected chi connectivity index (χ2v) is 4.40. The average Bonchev–Trinajstić information content (AvgIpc) is 2.32. The quantitative estimate of drug-likeness (QED) is 0.659. The van der Waals surface area contributed by atoms with Crippen LogP contribution in [0, 0.1) is 6.92 Å². The van der Waals surface area contributed by atoms with Crippen LogP contribution in [-0.4, -0.2) is 4.57 Å². The molecule has 13 heavy (non-hydrogen) atoms. The van der Waals surface area contributed by atoms with Crippen LogP contribution in [0.2, 0.25) is 5.02 Å². The Morgan fingerprint density at radius 1 is 1.46 bits per heavy atom. The molecule has 0 spiro atoms. The molecule has 68 valence electrons. The molecule has 0 aliphatic carbocycles. The highest BCUT2D eigenvalue weighted by atomic mass is 35.5. The van der Waals surface area contributed by atoms with Crippen molar-refractivity contribution in [3.05, 3.63) is 32.4 Å². The summed E-state index contributed by atoms with van der Waals surface area (Å²) in [5.41, 5.74) is 1.98. The van der Waals surface area contributed by atoms with Gasteiger partial charge < -0.3 is 4.57 Å². The number of thiazole rings is 1. The van der Waals surface area contributed by atoms with Crippen molar-refractivity contribution in [2.24, 2.45) is 7.05 Å². The maximum absolute atomic E-state index is 11.3. The predicted octanol–water partition coefficient (Wildman–Crippen LogP) is 2.56. The lowest BCUT2D eigenvalue weighted by Gasteiger charge is -1.98. The zero-order valence-corrected chi connectivity index (χ0v) is 8.87. The van der Waals surface area contributed by atoms with Crippen LogP contribution in [0.15, 0.2) is 16.9 Å². The van der Waals surface area contributed by atoms with Crippen LogP contribution < -0.4 is 4.87 Å². The Bertz CT molecular complexity index is 526. The number of halogens is 1. The molecule has 2 aromatic rings. The number of nitrogens with zero attached hydrogens (tertiary/aromatic N) is 1. The lowest BCUT2D eigenvalue weighted by molar-refractivity contribution is 0.938. The van der Waals surface area contributed by atoms with Crippen molar-refractivity contribution >= 4 is 33.2 Å². The predicted molar refractivity (Wildman–Crippen MR) is 56.8 cm³/mol. The van der Waals surface area contributed by atoms with Crippen molar-refractivity contribution in [1.82, 2.24) is 4.57 Å². The molecule has 1 heterocycles. The highest BCUT2D eigenvalue weighted by molar-refractivity contribution is 7.16. The van der Waals surface area contributed by atoms with Crippen LogP contribution in [0.5, 0.6) is 0 Å². The molecule has 0 radical (unpaired) electrons. The summed E-state index contributed by atoms with van der Waals surface area (Å²) >= 11 is 7.16. The van der Waals surface area contributed by atoms with Crippen molar-refractivity contribution in [3.8, 4) is 0 Å². The van der Waals surface area contributed by atoms with Crippen LogP contribution in [-0.2, 0) is 7.05 Å². The standard InChI is InChI=1S/C9H8ClNOS/c1-5-3-6(10)4-7-8(5)13-9(12)11(7)2/h3-4H,1-2H3. The van der Waals surface area contributed by atoms with E-state index in [1.165, 1.54) is 11.3 Å². The summed E-state index contributed by atoms with van der Waals surface area (Å²) in [6.45, 7) is 1.96. The fraction of sp³-hybridized carbons (Fsp3) is 0.222. The highest BCUT2D eigenvalue weighted by Gasteiger charge is 2.06. The number of hydrogen-bond acceptors (Lipinski definition) is 2. The van der Waals surface area contributed by atoms with Crippen molar-refractivity contribution in [2.75, 3.05) is 0 Å². The van der Waals surface area contributed by atoms with Gasteiger partial charge >= 0.3 is 4.87 Å². The van der Waals surface area contributed by atoms with Gasteiger partial charge in [0.1, 0.15) is 0 Å². The van der Waals surface area contributed by atoms with Crippen LogP contribution in [0.3, 0.4) is 0 Å². The molecule has 2 nitrogen and oxygen atoms in total.